The van der Waals surface area contributed by atoms with E-state index in [2.05, 4.69) is 0 Å². The summed E-state index contributed by atoms with van der Waals surface area (Å²) in [5.74, 6) is -1.01. The van der Waals surface area contributed by atoms with Crippen LogP contribution in [0, 0.1) is 0 Å². The lowest BCUT2D eigenvalue weighted by Crippen LogP contribution is -2.58. The van der Waals surface area contributed by atoms with Gasteiger partial charge in [0.2, 0.25) is 0 Å². The fourth-order valence-corrected chi connectivity index (χ4v) is 2.51. The zero-order chi connectivity index (χ0) is 18.1. The second-order valence-electron chi connectivity index (χ2n) is 5.62. The molecule has 1 fully saturated rings. The highest BCUT2D eigenvalue weighted by Gasteiger charge is 2.43. The van der Waals surface area contributed by atoms with Crippen LogP contribution >= 0.6 is 0 Å². The zero-order valence-electron chi connectivity index (χ0n) is 12.8. The number of rotatable bonds is 3. The third-order valence-corrected chi connectivity index (χ3v) is 3.93. The van der Waals surface area contributed by atoms with Crippen LogP contribution in [0.15, 0.2) is 39.5 Å². The van der Waals surface area contributed by atoms with Crippen molar-refractivity contribution in [3.8, 4) is 0 Å². The van der Waals surface area contributed by atoms with Crippen molar-refractivity contribution in [2.24, 2.45) is 0 Å². The van der Waals surface area contributed by atoms with Crippen LogP contribution in [-0.4, -0.2) is 63.7 Å². The molecule has 9 nitrogen and oxygen atoms in total. The maximum atomic E-state index is 12.1. The zero-order valence-corrected chi connectivity index (χ0v) is 12.8. The fourth-order valence-electron chi connectivity index (χ4n) is 2.51. The van der Waals surface area contributed by atoms with E-state index in [9.17, 15) is 30.0 Å². The molecule has 0 aliphatic carbocycles. The third-order valence-electron chi connectivity index (χ3n) is 3.93. The lowest BCUT2D eigenvalue weighted by atomic mass is 9.99. The predicted molar refractivity (Wildman–Crippen MR) is 81.7 cm³/mol. The second-order valence-corrected chi connectivity index (χ2v) is 5.62. The molecule has 2 heterocycles. The van der Waals surface area contributed by atoms with Gasteiger partial charge in [-0.3, -0.25) is 0 Å². The Balaban J connectivity index is 1.73. The Bertz CT molecular complexity index is 830. The summed E-state index contributed by atoms with van der Waals surface area (Å²) in [6.45, 7) is -0.549. The average molecular weight is 352 g/mol. The predicted octanol–water partition coefficient (Wildman–Crippen LogP) is -1.25. The molecule has 5 unspecified atom stereocenters. The van der Waals surface area contributed by atoms with Gasteiger partial charge in [0.15, 0.2) is 6.29 Å². The van der Waals surface area contributed by atoms with Gasteiger partial charge in [-0.1, -0.05) is 18.2 Å². The van der Waals surface area contributed by atoms with Gasteiger partial charge in [-0.15, -0.1) is 0 Å². The summed E-state index contributed by atoms with van der Waals surface area (Å²) >= 11 is 0. The van der Waals surface area contributed by atoms with Crippen molar-refractivity contribution in [1.29, 1.82) is 0 Å². The van der Waals surface area contributed by atoms with E-state index >= 15 is 0 Å². The van der Waals surface area contributed by atoms with Crippen LogP contribution in [0.1, 0.15) is 10.4 Å². The molecule has 1 aromatic heterocycles. The maximum Gasteiger partial charge on any atom is 0.351 e. The number of hydrogen-bond donors (Lipinski definition) is 4. The average Bonchev–Trinajstić information content (AvgIpc) is 2.61. The Morgan fingerprint density at radius 3 is 2.56 bits per heavy atom. The van der Waals surface area contributed by atoms with Crippen molar-refractivity contribution >= 4 is 16.9 Å². The minimum Gasteiger partial charge on any atom is -0.459 e. The summed E-state index contributed by atoms with van der Waals surface area (Å²) in [6, 6.07) is 7.92. The summed E-state index contributed by atoms with van der Waals surface area (Å²) in [5, 5.41) is 38.7. The van der Waals surface area contributed by atoms with Gasteiger partial charge in [0, 0.05) is 5.39 Å². The Morgan fingerprint density at radius 1 is 1.08 bits per heavy atom. The van der Waals surface area contributed by atoms with Crippen LogP contribution in [0.2, 0.25) is 0 Å². The molecule has 1 aliphatic rings. The first kappa shape index (κ1) is 17.5. The first-order valence-corrected chi connectivity index (χ1v) is 7.46. The normalized spacial score (nSPS) is 29.5. The smallest absolute Gasteiger partial charge is 0.351 e. The molecule has 1 saturated heterocycles. The minimum atomic E-state index is -1.74. The number of para-hydroxylation sites is 1. The molecule has 0 spiro atoms. The number of carbonyl (C=O) groups excluding carboxylic acids is 1. The van der Waals surface area contributed by atoms with Crippen LogP contribution < -0.4 is 5.63 Å². The van der Waals surface area contributed by atoms with Gasteiger partial charge in [0.05, 0.1) is 0 Å². The van der Waals surface area contributed by atoms with E-state index in [0.717, 1.165) is 0 Å². The molecule has 4 N–H and O–H groups in total. The van der Waals surface area contributed by atoms with Gasteiger partial charge in [0.25, 0.3) is 0 Å². The Labute approximate surface area is 140 Å². The SMILES string of the molecule is O=C(OCC1OC(O)C(O)C(O)C1O)c1cc2ccccc2oc1=O. The van der Waals surface area contributed by atoms with Crippen molar-refractivity contribution in [3.63, 3.8) is 0 Å². The minimum absolute atomic E-state index is 0.315. The summed E-state index contributed by atoms with van der Waals surface area (Å²) in [6.07, 6.45) is -7.95. The molecular formula is C16H16O9. The van der Waals surface area contributed by atoms with E-state index in [1.165, 1.54) is 6.07 Å². The van der Waals surface area contributed by atoms with Crippen molar-refractivity contribution in [1.82, 2.24) is 0 Å². The van der Waals surface area contributed by atoms with Gasteiger partial charge in [0.1, 0.15) is 42.2 Å². The summed E-state index contributed by atoms with van der Waals surface area (Å²) in [7, 11) is 0. The van der Waals surface area contributed by atoms with Crippen molar-refractivity contribution in [2.45, 2.75) is 30.7 Å². The molecule has 134 valence electrons. The third kappa shape index (κ3) is 3.41. The molecule has 2 aromatic rings. The van der Waals surface area contributed by atoms with Crippen LogP contribution in [-0.2, 0) is 9.47 Å². The molecule has 25 heavy (non-hydrogen) atoms. The molecule has 0 bridgehead atoms. The molecule has 1 aliphatic heterocycles. The highest BCUT2D eigenvalue weighted by atomic mass is 16.6. The lowest BCUT2D eigenvalue weighted by molar-refractivity contribution is -0.286. The molecule has 5 atom stereocenters. The van der Waals surface area contributed by atoms with Crippen LogP contribution in [0.4, 0.5) is 0 Å². The molecular weight excluding hydrogens is 336 g/mol. The number of aliphatic hydroxyl groups is 4. The van der Waals surface area contributed by atoms with Crippen molar-refractivity contribution < 1.29 is 39.1 Å². The second kappa shape index (κ2) is 6.90. The quantitative estimate of drug-likeness (QED) is 0.393. The number of ether oxygens (including phenoxy) is 2. The van der Waals surface area contributed by atoms with Crippen LogP contribution in [0.5, 0.6) is 0 Å². The lowest BCUT2D eigenvalue weighted by Gasteiger charge is -2.37. The molecule has 9 heteroatoms. The first-order valence-electron chi connectivity index (χ1n) is 7.46. The molecule has 0 radical (unpaired) electrons. The number of hydrogen-bond acceptors (Lipinski definition) is 9. The number of carbonyl (C=O) groups is 1. The maximum absolute atomic E-state index is 12.1. The monoisotopic (exact) mass is 352 g/mol. The number of esters is 1. The van der Waals surface area contributed by atoms with E-state index < -0.39 is 48.9 Å². The van der Waals surface area contributed by atoms with Gasteiger partial charge in [-0.2, -0.15) is 0 Å². The Hall–Kier alpha value is -2.30. The fraction of sp³-hybridized carbons (Fsp3) is 0.375. The largest absolute Gasteiger partial charge is 0.459 e. The first-order chi connectivity index (χ1) is 11.9. The van der Waals surface area contributed by atoms with E-state index in [4.69, 9.17) is 13.9 Å². The van der Waals surface area contributed by atoms with E-state index in [1.54, 1.807) is 24.3 Å². The van der Waals surface area contributed by atoms with Gasteiger partial charge in [-0.25, -0.2) is 9.59 Å². The topological polar surface area (TPSA) is 147 Å². The van der Waals surface area contributed by atoms with Crippen molar-refractivity contribution in [2.75, 3.05) is 6.61 Å². The molecule has 0 saturated carbocycles. The standard InChI is InChI=1S/C16H16O9/c17-11-10(25-16(22)13(19)12(11)18)6-23-14(20)8-5-7-3-1-2-4-9(7)24-15(8)21/h1-5,10-13,16-19,22H,6H2. The van der Waals surface area contributed by atoms with Crippen LogP contribution in [0.3, 0.4) is 0 Å². The molecule has 1 aromatic carbocycles. The number of benzene rings is 1. The van der Waals surface area contributed by atoms with Gasteiger partial charge in [-0.05, 0) is 12.1 Å². The highest BCUT2D eigenvalue weighted by Crippen LogP contribution is 2.20. The molecule has 3 rings (SSSR count). The molecule has 0 amide bonds. The summed E-state index contributed by atoms with van der Waals surface area (Å²) in [4.78, 5) is 24.0. The van der Waals surface area contributed by atoms with Crippen molar-refractivity contribution in [3.05, 3.63) is 46.3 Å². The van der Waals surface area contributed by atoms with E-state index in [0.29, 0.717) is 11.0 Å². The van der Waals surface area contributed by atoms with E-state index in [-0.39, 0.29) is 5.56 Å². The Morgan fingerprint density at radius 2 is 1.80 bits per heavy atom. The Kier molecular flexibility index (Phi) is 4.84. The van der Waals surface area contributed by atoms with Gasteiger partial charge < -0.3 is 34.3 Å². The summed E-state index contributed by atoms with van der Waals surface area (Å²) < 4.78 is 14.8. The van der Waals surface area contributed by atoms with E-state index in [1.807, 2.05) is 0 Å². The van der Waals surface area contributed by atoms with Gasteiger partial charge >= 0.3 is 11.6 Å². The van der Waals surface area contributed by atoms with Crippen LogP contribution in [0.25, 0.3) is 11.0 Å². The summed E-state index contributed by atoms with van der Waals surface area (Å²) in [5.41, 5.74) is -0.912. The number of fused-ring (bicyclic) bond motifs is 1. The number of aliphatic hydroxyl groups excluding tert-OH is 4. The highest BCUT2D eigenvalue weighted by molar-refractivity contribution is 5.92.